The molecule has 1 aliphatic rings. The lowest BCUT2D eigenvalue weighted by Gasteiger charge is -2.01. The summed E-state index contributed by atoms with van der Waals surface area (Å²) in [4.78, 5) is 14.0. The monoisotopic (exact) mass is 140 g/mol. The number of hydrogen-bond donors (Lipinski definition) is 2. The zero-order valence-electron chi connectivity index (χ0n) is 5.37. The van der Waals surface area contributed by atoms with Crippen molar-refractivity contribution >= 4 is 11.8 Å². The van der Waals surface area contributed by atoms with Crippen molar-refractivity contribution in [2.45, 2.75) is 6.04 Å². The van der Waals surface area contributed by atoms with Gasteiger partial charge in [-0.15, -0.1) is 6.58 Å². The normalized spacial score (nSPS) is 23.2. The molecule has 4 heteroatoms. The quantitative estimate of drug-likeness (QED) is 0.514. The maximum absolute atomic E-state index is 10.2. The van der Waals surface area contributed by atoms with Crippen LogP contribution < -0.4 is 5.32 Å². The van der Waals surface area contributed by atoms with Gasteiger partial charge in [0.25, 0.3) is 0 Å². The van der Waals surface area contributed by atoms with Crippen molar-refractivity contribution in [3.05, 3.63) is 12.7 Å². The second kappa shape index (κ2) is 2.51. The topological polar surface area (TPSA) is 61.7 Å². The second-order valence-corrected chi connectivity index (χ2v) is 1.98. The van der Waals surface area contributed by atoms with Crippen LogP contribution in [0.3, 0.4) is 0 Å². The van der Waals surface area contributed by atoms with Crippen LogP contribution in [-0.4, -0.2) is 29.5 Å². The van der Waals surface area contributed by atoms with Crippen molar-refractivity contribution in [2.24, 2.45) is 4.99 Å². The number of nitrogens with one attached hydrogen (secondary N) is 1. The largest absolute Gasteiger partial charge is 0.475 e. The molecule has 0 saturated carbocycles. The minimum absolute atomic E-state index is 0.00824. The molecule has 10 heavy (non-hydrogen) atoms. The van der Waals surface area contributed by atoms with Crippen LogP contribution in [0, 0.1) is 0 Å². The first kappa shape index (κ1) is 6.80. The number of carboxylic acids is 1. The lowest BCUT2D eigenvalue weighted by Crippen LogP contribution is -2.32. The SMILES string of the molecule is C=CC1CN=C(C(=O)O)N1. The number of carboxylic acid groups (broad SMARTS) is 1. The summed E-state index contributed by atoms with van der Waals surface area (Å²) in [5.74, 6) is -0.978. The summed E-state index contributed by atoms with van der Waals surface area (Å²) < 4.78 is 0. The molecule has 1 rings (SSSR count). The van der Waals surface area contributed by atoms with E-state index in [1.165, 1.54) is 0 Å². The van der Waals surface area contributed by atoms with Crippen LogP contribution in [0.4, 0.5) is 0 Å². The zero-order valence-corrected chi connectivity index (χ0v) is 5.37. The standard InChI is InChI=1S/C6H8N2O2/c1-2-4-3-7-5(8-4)6(9)10/h2,4H,1,3H2,(H,7,8)(H,9,10). The molecule has 0 aromatic heterocycles. The predicted molar refractivity (Wildman–Crippen MR) is 37.1 cm³/mol. The molecule has 0 aromatic rings. The summed E-state index contributed by atoms with van der Waals surface area (Å²) in [7, 11) is 0. The fraction of sp³-hybridized carbons (Fsp3) is 0.333. The molecule has 2 N–H and O–H groups in total. The molecule has 0 aliphatic carbocycles. The summed E-state index contributed by atoms with van der Waals surface area (Å²) in [6.45, 7) is 3.99. The zero-order chi connectivity index (χ0) is 7.56. The number of amidine groups is 1. The first-order valence-electron chi connectivity index (χ1n) is 2.91. The van der Waals surface area contributed by atoms with Gasteiger partial charge in [-0.3, -0.25) is 4.99 Å². The fourth-order valence-corrected chi connectivity index (χ4v) is 0.719. The van der Waals surface area contributed by atoms with Crippen LogP contribution in [0.2, 0.25) is 0 Å². The summed E-state index contributed by atoms with van der Waals surface area (Å²) in [6.07, 6.45) is 1.64. The number of aliphatic imine (C=N–C) groups is 1. The molecular weight excluding hydrogens is 132 g/mol. The van der Waals surface area contributed by atoms with E-state index in [1.807, 2.05) is 0 Å². The van der Waals surface area contributed by atoms with Crippen LogP contribution in [0.25, 0.3) is 0 Å². The van der Waals surface area contributed by atoms with Crippen LogP contribution in [-0.2, 0) is 4.79 Å². The Labute approximate surface area is 58.3 Å². The van der Waals surface area contributed by atoms with E-state index in [-0.39, 0.29) is 11.9 Å². The number of nitrogens with zero attached hydrogens (tertiary/aromatic N) is 1. The number of rotatable bonds is 2. The highest BCUT2D eigenvalue weighted by atomic mass is 16.4. The van der Waals surface area contributed by atoms with E-state index in [2.05, 4.69) is 16.9 Å². The third-order valence-corrected chi connectivity index (χ3v) is 1.26. The van der Waals surface area contributed by atoms with Gasteiger partial charge in [0.1, 0.15) is 0 Å². The molecule has 0 spiro atoms. The average molecular weight is 140 g/mol. The molecular formula is C6H8N2O2. The molecule has 0 saturated heterocycles. The molecule has 4 nitrogen and oxygen atoms in total. The smallest absolute Gasteiger partial charge is 0.371 e. The second-order valence-electron chi connectivity index (χ2n) is 1.98. The van der Waals surface area contributed by atoms with Crippen molar-refractivity contribution < 1.29 is 9.90 Å². The Morgan fingerprint density at radius 3 is 3.00 bits per heavy atom. The van der Waals surface area contributed by atoms with Crippen molar-refractivity contribution in [2.75, 3.05) is 6.54 Å². The van der Waals surface area contributed by atoms with Gasteiger partial charge < -0.3 is 10.4 Å². The Kier molecular flexibility index (Phi) is 1.71. The Morgan fingerprint density at radius 1 is 2.00 bits per heavy atom. The lowest BCUT2D eigenvalue weighted by molar-refractivity contribution is -0.129. The van der Waals surface area contributed by atoms with Gasteiger partial charge in [0.2, 0.25) is 5.84 Å². The molecule has 1 atom stereocenters. The molecule has 54 valence electrons. The van der Waals surface area contributed by atoms with Crippen LogP contribution in [0.5, 0.6) is 0 Å². The highest BCUT2D eigenvalue weighted by Crippen LogP contribution is 1.95. The van der Waals surface area contributed by atoms with E-state index in [0.29, 0.717) is 6.54 Å². The van der Waals surface area contributed by atoms with Gasteiger partial charge in [-0.05, 0) is 0 Å². The van der Waals surface area contributed by atoms with Gasteiger partial charge >= 0.3 is 5.97 Å². The fourth-order valence-electron chi connectivity index (χ4n) is 0.719. The van der Waals surface area contributed by atoms with E-state index in [4.69, 9.17) is 5.11 Å². The first-order valence-corrected chi connectivity index (χ1v) is 2.91. The number of aliphatic carboxylic acids is 1. The van der Waals surface area contributed by atoms with E-state index in [0.717, 1.165) is 0 Å². The Morgan fingerprint density at radius 2 is 2.70 bits per heavy atom. The molecule has 0 amide bonds. The molecule has 0 bridgehead atoms. The highest BCUT2D eigenvalue weighted by molar-refractivity contribution is 6.35. The minimum atomic E-state index is -1.01. The summed E-state index contributed by atoms with van der Waals surface area (Å²) in [5.41, 5.74) is 0. The first-order chi connectivity index (χ1) is 4.74. The molecule has 1 aliphatic heterocycles. The highest BCUT2D eigenvalue weighted by Gasteiger charge is 2.18. The van der Waals surface area contributed by atoms with Crippen LogP contribution in [0.15, 0.2) is 17.6 Å². The Bertz CT molecular complexity index is 198. The lowest BCUT2D eigenvalue weighted by atomic mass is 10.3. The molecule has 0 radical (unpaired) electrons. The molecule has 1 heterocycles. The minimum Gasteiger partial charge on any atom is -0.475 e. The van der Waals surface area contributed by atoms with Crippen molar-refractivity contribution in [3.8, 4) is 0 Å². The maximum atomic E-state index is 10.2. The Balaban J connectivity index is 2.54. The van der Waals surface area contributed by atoms with Gasteiger partial charge in [0.15, 0.2) is 0 Å². The number of hydrogen-bond acceptors (Lipinski definition) is 3. The van der Waals surface area contributed by atoms with E-state index in [9.17, 15) is 4.79 Å². The maximum Gasteiger partial charge on any atom is 0.371 e. The van der Waals surface area contributed by atoms with Gasteiger partial charge in [-0.2, -0.15) is 0 Å². The van der Waals surface area contributed by atoms with Crippen molar-refractivity contribution in [3.63, 3.8) is 0 Å². The van der Waals surface area contributed by atoms with Crippen molar-refractivity contribution in [1.82, 2.24) is 5.32 Å². The molecule has 0 fully saturated rings. The third-order valence-electron chi connectivity index (χ3n) is 1.26. The van der Waals surface area contributed by atoms with Gasteiger partial charge in [0.05, 0.1) is 12.6 Å². The van der Waals surface area contributed by atoms with Crippen LogP contribution in [0.1, 0.15) is 0 Å². The number of carbonyl (C=O) groups is 1. The van der Waals surface area contributed by atoms with Crippen LogP contribution >= 0.6 is 0 Å². The average Bonchev–Trinajstić information content (AvgIpc) is 2.34. The van der Waals surface area contributed by atoms with E-state index >= 15 is 0 Å². The van der Waals surface area contributed by atoms with E-state index in [1.54, 1.807) is 6.08 Å². The Hall–Kier alpha value is -1.32. The van der Waals surface area contributed by atoms with Gasteiger partial charge in [-0.25, -0.2) is 4.79 Å². The molecule has 0 aromatic carbocycles. The van der Waals surface area contributed by atoms with Gasteiger partial charge in [-0.1, -0.05) is 6.08 Å². The third kappa shape index (κ3) is 1.15. The van der Waals surface area contributed by atoms with Gasteiger partial charge in [0, 0.05) is 0 Å². The predicted octanol–water partition coefficient (Wildman–Crippen LogP) is -0.373. The summed E-state index contributed by atoms with van der Waals surface area (Å²) in [6, 6.07) is -0.00824. The molecule has 1 unspecified atom stereocenters. The van der Waals surface area contributed by atoms with E-state index < -0.39 is 5.97 Å². The summed E-state index contributed by atoms with van der Waals surface area (Å²) >= 11 is 0. The van der Waals surface area contributed by atoms with Crippen molar-refractivity contribution in [1.29, 1.82) is 0 Å². The summed E-state index contributed by atoms with van der Waals surface area (Å²) in [5, 5.41) is 11.1.